The number of aromatic nitrogens is 3. The van der Waals surface area contributed by atoms with E-state index in [1.807, 2.05) is 42.5 Å². The molecule has 0 atom stereocenters. The fraction of sp³-hybridized carbons (Fsp3) is 0.0179. The van der Waals surface area contributed by atoms with Gasteiger partial charge in [-0.15, -0.1) is 0 Å². The molecule has 1 aromatic heterocycles. The van der Waals surface area contributed by atoms with E-state index in [0.29, 0.717) is 34.7 Å². The first-order valence-electron chi connectivity index (χ1n) is 20.5. The summed E-state index contributed by atoms with van der Waals surface area (Å²) in [7, 11) is 0. The maximum atomic E-state index is 6.92. The van der Waals surface area contributed by atoms with Crippen LogP contribution < -0.4 is 9.47 Å². The molecule has 1 aliphatic carbocycles. The van der Waals surface area contributed by atoms with Crippen molar-refractivity contribution in [3.8, 4) is 79.4 Å². The van der Waals surface area contributed by atoms with Gasteiger partial charge in [0.1, 0.15) is 0 Å². The lowest BCUT2D eigenvalue weighted by atomic mass is 9.68. The van der Waals surface area contributed by atoms with Gasteiger partial charge in [-0.3, -0.25) is 0 Å². The Morgan fingerprint density at radius 1 is 0.344 bits per heavy atom. The zero-order chi connectivity index (χ0) is 40.3. The Balaban J connectivity index is 0.937. The average Bonchev–Trinajstić information content (AvgIpc) is 3.65. The van der Waals surface area contributed by atoms with Crippen LogP contribution in [0.3, 0.4) is 0 Å². The molecule has 9 aromatic carbocycles. The van der Waals surface area contributed by atoms with Gasteiger partial charge in [-0.1, -0.05) is 188 Å². The van der Waals surface area contributed by atoms with Crippen LogP contribution in [-0.2, 0) is 5.41 Å². The molecule has 0 saturated heterocycles. The molecule has 0 saturated carbocycles. The van der Waals surface area contributed by atoms with E-state index in [1.165, 1.54) is 22.3 Å². The third-order valence-corrected chi connectivity index (χ3v) is 12.1. The zero-order valence-electron chi connectivity index (χ0n) is 32.9. The number of benzene rings is 9. The first-order chi connectivity index (χ1) is 30.2. The summed E-state index contributed by atoms with van der Waals surface area (Å²) >= 11 is 0. The Bertz CT molecular complexity index is 3270. The summed E-state index contributed by atoms with van der Waals surface area (Å²) in [5, 5.41) is 2.22. The summed E-state index contributed by atoms with van der Waals surface area (Å²) in [5.41, 5.74) is 11.2. The van der Waals surface area contributed by atoms with Crippen molar-refractivity contribution < 1.29 is 9.47 Å². The maximum Gasteiger partial charge on any atom is 0.178 e. The quantitative estimate of drug-likeness (QED) is 0.168. The van der Waals surface area contributed by atoms with Crippen LogP contribution in [0.4, 0.5) is 0 Å². The van der Waals surface area contributed by atoms with Gasteiger partial charge in [0.15, 0.2) is 40.5 Å². The largest absolute Gasteiger partial charge is 0.449 e. The highest BCUT2D eigenvalue weighted by Gasteiger charge is 2.48. The van der Waals surface area contributed by atoms with E-state index in [1.54, 1.807) is 0 Å². The number of ether oxygens (including phenoxy) is 2. The number of fused-ring (bicyclic) bond motifs is 7. The molecule has 0 unspecified atom stereocenters. The molecule has 5 nitrogen and oxygen atoms in total. The van der Waals surface area contributed by atoms with Crippen LogP contribution in [-0.4, -0.2) is 15.0 Å². The van der Waals surface area contributed by atoms with Crippen molar-refractivity contribution >= 4 is 10.8 Å². The van der Waals surface area contributed by atoms with Crippen LogP contribution in [0.5, 0.6) is 23.0 Å². The molecule has 2 aliphatic rings. The van der Waals surface area contributed by atoms with Crippen molar-refractivity contribution in [1.29, 1.82) is 0 Å². The first-order valence-corrected chi connectivity index (χ1v) is 20.5. The molecule has 61 heavy (non-hydrogen) atoms. The summed E-state index contributed by atoms with van der Waals surface area (Å²) in [5.74, 6) is 4.58. The van der Waals surface area contributed by atoms with E-state index in [2.05, 4.69) is 170 Å². The Labute approximate surface area is 353 Å². The fourth-order valence-electron chi connectivity index (χ4n) is 9.34. The van der Waals surface area contributed by atoms with Crippen LogP contribution in [0.2, 0.25) is 0 Å². The molecule has 286 valence electrons. The average molecular weight is 782 g/mol. The molecular weight excluding hydrogens is 747 g/mol. The highest BCUT2D eigenvalue weighted by molar-refractivity contribution is 5.96. The van der Waals surface area contributed by atoms with Gasteiger partial charge in [0, 0.05) is 22.3 Å². The fourth-order valence-corrected chi connectivity index (χ4v) is 9.34. The van der Waals surface area contributed by atoms with E-state index in [9.17, 15) is 0 Å². The summed E-state index contributed by atoms with van der Waals surface area (Å²) in [6.45, 7) is 0. The van der Waals surface area contributed by atoms with Crippen LogP contribution >= 0.6 is 0 Å². The predicted octanol–water partition coefficient (Wildman–Crippen LogP) is 14.0. The lowest BCUT2D eigenvalue weighted by Crippen LogP contribution is -2.28. The Morgan fingerprint density at radius 3 is 1.72 bits per heavy atom. The molecule has 0 spiro atoms. The SMILES string of the molecule is c1ccc(-c2nc(-c3cccc(-c4ccc5c(c4)Oc4ccc6c(c4O5)-c4ccccc4C6(c4ccccc4)c4ccccc4)c3)nc(-c3cccc4ccccc34)n2)cc1. The van der Waals surface area contributed by atoms with E-state index < -0.39 is 5.41 Å². The van der Waals surface area contributed by atoms with Crippen LogP contribution in [0.1, 0.15) is 22.3 Å². The van der Waals surface area contributed by atoms with Crippen molar-refractivity contribution in [3.63, 3.8) is 0 Å². The molecule has 0 radical (unpaired) electrons. The molecule has 1 aliphatic heterocycles. The lowest BCUT2D eigenvalue weighted by molar-refractivity contribution is 0.360. The highest BCUT2D eigenvalue weighted by atomic mass is 16.6. The third kappa shape index (κ3) is 5.59. The third-order valence-electron chi connectivity index (χ3n) is 12.1. The Kier molecular flexibility index (Phi) is 8.00. The molecule has 12 rings (SSSR count). The van der Waals surface area contributed by atoms with Gasteiger partial charge < -0.3 is 9.47 Å². The standard InChI is InChI=1S/C56H35N3O2/c1-4-17-37(18-5-1)53-57-54(59-55(58-53)44-28-15-19-36-16-10-11-26-43(36)44)40-21-14-20-38(34-40)39-30-32-48-50(35-39)60-49-33-31-47-51(52(49)61-48)45-27-12-13-29-46(45)56(47,41-22-6-2-7-23-41)42-24-8-3-9-25-42/h1-35H. The summed E-state index contributed by atoms with van der Waals surface area (Å²) < 4.78 is 13.7. The second-order valence-electron chi connectivity index (χ2n) is 15.5. The monoisotopic (exact) mass is 781 g/mol. The Morgan fingerprint density at radius 2 is 0.918 bits per heavy atom. The van der Waals surface area contributed by atoms with Crippen molar-refractivity contribution in [2.75, 3.05) is 0 Å². The number of rotatable bonds is 6. The van der Waals surface area contributed by atoms with Gasteiger partial charge in [-0.25, -0.2) is 15.0 Å². The van der Waals surface area contributed by atoms with Crippen LogP contribution in [0, 0.1) is 0 Å². The number of hydrogen-bond acceptors (Lipinski definition) is 5. The minimum atomic E-state index is -0.530. The van der Waals surface area contributed by atoms with Crippen LogP contribution in [0.15, 0.2) is 212 Å². The second kappa shape index (κ2) is 14.0. The predicted molar refractivity (Wildman–Crippen MR) is 243 cm³/mol. The molecule has 0 N–H and O–H groups in total. The van der Waals surface area contributed by atoms with E-state index in [0.717, 1.165) is 55.5 Å². The Hall–Kier alpha value is -8.15. The van der Waals surface area contributed by atoms with E-state index >= 15 is 0 Å². The zero-order valence-corrected chi connectivity index (χ0v) is 32.9. The minimum absolute atomic E-state index is 0.530. The maximum absolute atomic E-state index is 6.92. The van der Waals surface area contributed by atoms with Gasteiger partial charge in [0.05, 0.1) is 5.41 Å². The smallest absolute Gasteiger partial charge is 0.178 e. The van der Waals surface area contributed by atoms with Gasteiger partial charge in [-0.05, 0) is 74.0 Å². The highest BCUT2D eigenvalue weighted by Crippen LogP contribution is 2.62. The van der Waals surface area contributed by atoms with E-state index in [-0.39, 0.29) is 0 Å². The van der Waals surface area contributed by atoms with Gasteiger partial charge in [0.2, 0.25) is 0 Å². The normalized spacial score (nSPS) is 13.0. The molecule has 5 heteroatoms. The van der Waals surface area contributed by atoms with Crippen molar-refractivity contribution in [2.45, 2.75) is 5.41 Å². The second-order valence-corrected chi connectivity index (χ2v) is 15.5. The van der Waals surface area contributed by atoms with Crippen LogP contribution in [0.25, 0.3) is 67.2 Å². The van der Waals surface area contributed by atoms with Crippen molar-refractivity contribution in [3.05, 3.63) is 235 Å². The van der Waals surface area contributed by atoms with E-state index in [4.69, 9.17) is 24.4 Å². The molecule has 0 bridgehead atoms. The molecule has 2 heterocycles. The molecule has 0 fully saturated rings. The van der Waals surface area contributed by atoms with Gasteiger partial charge >= 0.3 is 0 Å². The molecule has 0 amide bonds. The minimum Gasteiger partial charge on any atom is -0.449 e. The van der Waals surface area contributed by atoms with Gasteiger partial charge in [0.25, 0.3) is 0 Å². The lowest BCUT2D eigenvalue weighted by Gasteiger charge is -2.34. The first kappa shape index (κ1) is 34.9. The van der Waals surface area contributed by atoms with Crippen molar-refractivity contribution in [2.24, 2.45) is 0 Å². The summed E-state index contributed by atoms with van der Waals surface area (Å²) in [4.78, 5) is 15.2. The number of nitrogens with zero attached hydrogens (tertiary/aromatic N) is 3. The summed E-state index contributed by atoms with van der Waals surface area (Å²) in [6, 6.07) is 73.7. The van der Waals surface area contributed by atoms with Crippen molar-refractivity contribution in [1.82, 2.24) is 15.0 Å². The van der Waals surface area contributed by atoms with Gasteiger partial charge in [-0.2, -0.15) is 0 Å². The number of hydrogen-bond donors (Lipinski definition) is 0. The molecular formula is C56H35N3O2. The topological polar surface area (TPSA) is 57.1 Å². The summed E-state index contributed by atoms with van der Waals surface area (Å²) in [6.07, 6.45) is 0. The molecule has 10 aromatic rings.